The van der Waals surface area contributed by atoms with Gasteiger partial charge in [0.15, 0.2) is 18.1 Å². The van der Waals surface area contributed by atoms with Gasteiger partial charge in [0.25, 0.3) is 0 Å². The largest absolute Gasteiger partial charge is 0.493 e. The molecule has 0 N–H and O–H groups in total. The van der Waals surface area contributed by atoms with Crippen molar-refractivity contribution in [1.29, 1.82) is 0 Å². The summed E-state index contributed by atoms with van der Waals surface area (Å²) in [6.45, 7) is 8.96. The molecule has 0 unspecified atom stereocenters. The first-order valence-electron chi connectivity index (χ1n) is 10.6. The van der Waals surface area contributed by atoms with E-state index < -0.39 is 5.97 Å². The molecule has 3 rings (SSSR count). The highest BCUT2D eigenvalue weighted by atomic mass is 16.6. The molecule has 0 saturated carbocycles. The molecule has 0 aromatic heterocycles. The maximum absolute atomic E-state index is 11.4. The van der Waals surface area contributed by atoms with Gasteiger partial charge in [-0.1, -0.05) is 57.2 Å². The lowest BCUT2D eigenvalue weighted by atomic mass is 9.87. The third-order valence-corrected chi connectivity index (χ3v) is 5.52. The zero-order valence-electron chi connectivity index (χ0n) is 19.1. The molecule has 0 amide bonds. The summed E-state index contributed by atoms with van der Waals surface area (Å²) in [5.41, 5.74) is 2.35. The second kappa shape index (κ2) is 10.2. The number of carbonyl (C=O) groups excluding carboxylic acids is 1. The third kappa shape index (κ3) is 6.21. The molecule has 1 heterocycles. The van der Waals surface area contributed by atoms with E-state index in [9.17, 15) is 4.79 Å². The lowest BCUT2D eigenvalue weighted by Crippen LogP contribution is -2.48. The summed E-state index contributed by atoms with van der Waals surface area (Å²) in [5, 5.41) is 0. The van der Waals surface area contributed by atoms with Crippen LogP contribution in [0.1, 0.15) is 38.0 Å². The Kier molecular flexibility index (Phi) is 7.57. The van der Waals surface area contributed by atoms with E-state index in [1.54, 1.807) is 7.11 Å². The maximum Gasteiger partial charge on any atom is 0.343 e. The van der Waals surface area contributed by atoms with Crippen molar-refractivity contribution < 1.29 is 23.7 Å². The fraction of sp³-hybridized carbons (Fsp3) is 0.480. The summed E-state index contributed by atoms with van der Waals surface area (Å²) in [4.78, 5) is 13.8. The average Bonchev–Trinajstić information content (AvgIpc) is 2.77. The molecule has 1 aliphatic heterocycles. The van der Waals surface area contributed by atoms with Crippen LogP contribution in [0.5, 0.6) is 11.5 Å². The minimum absolute atomic E-state index is 0.0312. The normalized spacial score (nSPS) is 19.6. The summed E-state index contributed by atoms with van der Waals surface area (Å²) in [6.07, 6.45) is 0.153. The van der Waals surface area contributed by atoms with Gasteiger partial charge in [0.05, 0.1) is 26.4 Å². The van der Waals surface area contributed by atoms with Crippen molar-refractivity contribution in [1.82, 2.24) is 4.90 Å². The zero-order valence-corrected chi connectivity index (χ0v) is 19.1. The van der Waals surface area contributed by atoms with E-state index in [1.807, 2.05) is 24.3 Å². The molecule has 2 aromatic carbocycles. The van der Waals surface area contributed by atoms with Crippen molar-refractivity contribution in [3.05, 3.63) is 59.7 Å². The summed E-state index contributed by atoms with van der Waals surface area (Å²) in [7, 11) is 2.93. The number of carbonyl (C=O) groups is 1. The lowest BCUT2D eigenvalue weighted by Gasteiger charge is -2.43. The Morgan fingerprint density at radius 1 is 1.06 bits per heavy atom. The number of methoxy groups -OCH3 is 2. The molecular weight excluding hydrogens is 394 g/mol. The molecule has 1 saturated heterocycles. The SMILES string of the molecule is COC(=O)COc1ccc(CN2C[C@@H](c3ccccc3)O[C@@H](C(C)(C)C)C2)cc1OC. The monoisotopic (exact) mass is 427 g/mol. The van der Waals surface area contributed by atoms with Crippen LogP contribution in [-0.2, 0) is 20.8 Å². The van der Waals surface area contributed by atoms with Crippen LogP contribution in [0.3, 0.4) is 0 Å². The van der Waals surface area contributed by atoms with E-state index in [0.29, 0.717) is 11.5 Å². The molecule has 0 spiro atoms. The molecule has 1 fully saturated rings. The number of hydrogen-bond acceptors (Lipinski definition) is 6. The molecule has 0 aliphatic carbocycles. The summed E-state index contributed by atoms with van der Waals surface area (Å²) < 4.78 is 22.1. The van der Waals surface area contributed by atoms with Crippen LogP contribution >= 0.6 is 0 Å². The molecule has 2 atom stereocenters. The first-order valence-corrected chi connectivity index (χ1v) is 10.6. The van der Waals surface area contributed by atoms with E-state index in [1.165, 1.54) is 12.7 Å². The van der Waals surface area contributed by atoms with Gasteiger partial charge in [0, 0.05) is 19.6 Å². The smallest absolute Gasteiger partial charge is 0.343 e. The van der Waals surface area contributed by atoms with Crippen molar-refractivity contribution in [2.45, 2.75) is 39.5 Å². The lowest BCUT2D eigenvalue weighted by molar-refractivity contribution is -0.142. The van der Waals surface area contributed by atoms with Gasteiger partial charge in [-0.2, -0.15) is 0 Å². The summed E-state index contributed by atoms with van der Waals surface area (Å²) in [6, 6.07) is 16.2. The minimum atomic E-state index is -0.431. The highest BCUT2D eigenvalue weighted by molar-refractivity contribution is 5.71. The van der Waals surface area contributed by atoms with Gasteiger partial charge in [-0.05, 0) is 28.7 Å². The summed E-state index contributed by atoms with van der Waals surface area (Å²) >= 11 is 0. The highest BCUT2D eigenvalue weighted by Crippen LogP contribution is 2.35. The van der Waals surface area contributed by atoms with E-state index in [0.717, 1.165) is 25.2 Å². The molecule has 6 nitrogen and oxygen atoms in total. The van der Waals surface area contributed by atoms with Crippen LogP contribution in [0, 0.1) is 5.41 Å². The van der Waals surface area contributed by atoms with Gasteiger partial charge in [-0.15, -0.1) is 0 Å². The van der Waals surface area contributed by atoms with E-state index in [4.69, 9.17) is 14.2 Å². The van der Waals surface area contributed by atoms with Crippen molar-refractivity contribution in [2.75, 3.05) is 33.9 Å². The van der Waals surface area contributed by atoms with Gasteiger partial charge in [0.1, 0.15) is 0 Å². The first-order chi connectivity index (χ1) is 14.8. The minimum Gasteiger partial charge on any atom is -0.493 e. The number of benzene rings is 2. The van der Waals surface area contributed by atoms with Gasteiger partial charge in [0.2, 0.25) is 0 Å². The Balaban J connectivity index is 1.75. The van der Waals surface area contributed by atoms with Crippen LogP contribution < -0.4 is 9.47 Å². The fourth-order valence-corrected chi connectivity index (χ4v) is 3.67. The van der Waals surface area contributed by atoms with Gasteiger partial charge < -0.3 is 18.9 Å². The van der Waals surface area contributed by atoms with Crippen LogP contribution in [0.4, 0.5) is 0 Å². The highest BCUT2D eigenvalue weighted by Gasteiger charge is 2.35. The van der Waals surface area contributed by atoms with E-state index >= 15 is 0 Å². The number of esters is 1. The Morgan fingerprint density at radius 3 is 2.45 bits per heavy atom. The average molecular weight is 428 g/mol. The Hall–Kier alpha value is -2.57. The van der Waals surface area contributed by atoms with Crippen molar-refractivity contribution in [3.8, 4) is 11.5 Å². The van der Waals surface area contributed by atoms with Crippen molar-refractivity contribution in [2.24, 2.45) is 5.41 Å². The van der Waals surface area contributed by atoms with Crippen LogP contribution in [0.15, 0.2) is 48.5 Å². The van der Waals surface area contributed by atoms with Crippen LogP contribution in [-0.4, -0.2) is 50.9 Å². The molecule has 0 radical (unpaired) electrons. The van der Waals surface area contributed by atoms with Crippen LogP contribution in [0.2, 0.25) is 0 Å². The third-order valence-electron chi connectivity index (χ3n) is 5.52. The predicted molar refractivity (Wildman–Crippen MR) is 119 cm³/mol. The quantitative estimate of drug-likeness (QED) is 0.616. The number of rotatable bonds is 7. The second-order valence-electron chi connectivity index (χ2n) is 8.93. The maximum atomic E-state index is 11.4. The Labute approximate surface area is 185 Å². The first kappa shape index (κ1) is 23.1. The molecular formula is C25H33NO5. The number of ether oxygens (including phenoxy) is 4. The molecule has 2 aromatic rings. The number of morpholine rings is 1. The van der Waals surface area contributed by atoms with Crippen LogP contribution in [0.25, 0.3) is 0 Å². The predicted octanol–water partition coefficient (Wildman–Crippen LogP) is 4.24. The van der Waals surface area contributed by atoms with Crippen molar-refractivity contribution >= 4 is 5.97 Å². The van der Waals surface area contributed by atoms with E-state index in [2.05, 4.69) is 54.7 Å². The Bertz CT molecular complexity index is 862. The zero-order chi connectivity index (χ0) is 22.4. The van der Waals surface area contributed by atoms with E-state index in [-0.39, 0.29) is 24.2 Å². The van der Waals surface area contributed by atoms with Gasteiger partial charge in [-0.25, -0.2) is 4.79 Å². The standard InChI is InChI=1S/C25H33NO5/c1-25(2,3)23-16-26(15-22(31-23)19-9-7-6-8-10-19)14-18-11-12-20(21(13-18)28-4)30-17-24(27)29-5/h6-13,22-23H,14-17H2,1-5H3/t22-,23+/m0/s1. The number of nitrogens with zero attached hydrogens (tertiary/aromatic N) is 1. The Morgan fingerprint density at radius 2 is 1.81 bits per heavy atom. The molecule has 168 valence electrons. The number of hydrogen-bond donors (Lipinski definition) is 0. The fourth-order valence-electron chi connectivity index (χ4n) is 3.67. The topological polar surface area (TPSA) is 57.2 Å². The molecule has 6 heteroatoms. The summed E-state index contributed by atoms with van der Waals surface area (Å²) in [5.74, 6) is 0.689. The van der Waals surface area contributed by atoms with Gasteiger partial charge >= 0.3 is 5.97 Å². The molecule has 0 bridgehead atoms. The second-order valence-corrected chi connectivity index (χ2v) is 8.93. The van der Waals surface area contributed by atoms with Gasteiger partial charge in [-0.3, -0.25) is 4.90 Å². The molecule has 1 aliphatic rings. The van der Waals surface area contributed by atoms with Crippen molar-refractivity contribution in [3.63, 3.8) is 0 Å². The molecule has 31 heavy (non-hydrogen) atoms.